The van der Waals surface area contributed by atoms with E-state index in [9.17, 15) is 21.6 Å². The van der Waals surface area contributed by atoms with Gasteiger partial charge in [0.2, 0.25) is 10.0 Å². The molecule has 0 saturated carbocycles. The second-order valence-electron chi connectivity index (χ2n) is 5.25. The zero-order chi connectivity index (χ0) is 18.0. The molecule has 9 nitrogen and oxygen atoms in total. The summed E-state index contributed by atoms with van der Waals surface area (Å²) in [4.78, 5) is 13.9. The number of amides is 1. The quantitative estimate of drug-likeness (QED) is 0.697. The first-order valence-electron chi connectivity index (χ1n) is 7.25. The fourth-order valence-corrected chi connectivity index (χ4v) is 3.88. The van der Waals surface area contributed by atoms with Gasteiger partial charge in [0, 0.05) is 31.7 Å². The SMILES string of the molecule is CCS(=O)(=O)N1CCN(C(=O)c2ccc(NS(=O)(=O)O)cc2)CC1. The Kier molecular flexibility index (Phi) is 5.48. The lowest BCUT2D eigenvalue weighted by molar-refractivity contribution is 0.0698. The maximum Gasteiger partial charge on any atom is 0.357 e. The molecule has 0 atom stereocenters. The Labute approximate surface area is 141 Å². The zero-order valence-corrected chi connectivity index (χ0v) is 14.7. The molecule has 1 aromatic rings. The first-order chi connectivity index (χ1) is 11.1. The van der Waals surface area contributed by atoms with Gasteiger partial charge in [0.05, 0.1) is 11.4 Å². The van der Waals surface area contributed by atoms with E-state index in [2.05, 4.69) is 0 Å². The van der Waals surface area contributed by atoms with E-state index < -0.39 is 20.3 Å². The summed E-state index contributed by atoms with van der Waals surface area (Å²) in [6, 6.07) is 5.59. The molecule has 0 aliphatic carbocycles. The summed E-state index contributed by atoms with van der Waals surface area (Å²) < 4.78 is 57.0. The van der Waals surface area contributed by atoms with Gasteiger partial charge in [-0.15, -0.1) is 0 Å². The highest BCUT2D eigenvalue weighted by Crippen LogP contribution is 2.15. The predicted octanol–water partition coefficient (Wildman–Crippen LogP) is 0.00880. The molecule has 1 heterocycles. The molecule has 2 rings (SSSR count). The van der Waals surface area contributed by atoms with E-state index in [0.717, 1.165) is 0 Å². The van der Waals surface area contributed by atoms with Crippen molar-refractivity contribution < 1.29 is 26.2 Å². The average molecular weight is 377 g/mol. The summed E-state index contributed by atoms with van der Waals surface area (Å²) in [5, 5.41) is 0. The van der Waals surface area contributed by atoms with Gasteiger partial charge in [0.15, 0.2) is 0 Å². The lowest BCUT2D eigenvalue weighted by Crippen LogP contribution is -2.50. The molecule has 1 saturated heterocycles. The molecule has 1 amide bonds. The van der Waals surface area contributed by atoms with Crippen LogP contribution < -0.4 is 4.72 Å². The third-order valence-corrected chi connectivity index (χ3v) is 6.04. The normalized spacial score (nSPS) is 16.8. The van der Waals surface area contributed by atoms with Gasteiger partial charge < -0.3 is 4.90 Å². The molecule has 11 heteroatoms. The average Bonchev–Trinajstić information content (AvgIpc) is 2.53. The Bertz CT molecular complexity index is 797. The van der Waals surface area contributed by atoms with E-state index in [1.54, 1.807) is 11.8 Å². The molecule has 1 fully saturated rings. The molecule has 24 heavy (non-hydrogen) atoms. The monoisotopic (exact) mass is 377 g/mol. The number of rotatable bonds is 5. The van der Waals surface area contributed by atoms with Crippen LogP contribution in [0.15, 0.2) is 24.3 Å². The molecule has 1 aliphatic heterocycles. The van der Waals surface area contributed by atoms with Crippen molar-refractivity contribution >= 4 is 31.9 Å². The van der Waals surface area contributed by atoms with E-state index in [1.165, 1.54) is 28.6 Å². The van der Waals surface area contributed by atoms with Gasteiger partial charge in [-0.25, -0.2) is 8.42 Å². The summed E-state index contributed by atoms with van der Waals surface area (Å²) in [5.74, 6) is -0.231. The minimum atomic E-state index is -4.36. The highest BCUT2D eigenvalue weighted by Gasteiger charge is 2.28. The van der Waals surface area contributed by atoms with Crippen molar-refractivity contribution in [3.8, 4) is 0 Å². The van der Waals surface area contributed by atoms with Gasteiger partial charge in [0.25, 0.3) is 5.91 Å². The maximum atomic E-state index is 12.4. The van der Waals surface area contributed by atoms with Crippen molar-refractivity contribution in [2.75, 3.05) is 36.7 Å². The lowest BCUT2D eigenvalue weighted by Gasteiger charge is -2.33. The van der Waals surface area contributed by atoms with Crippen molar-refractivity contribution in [3.05, 3.63) is 29.8 Å². The number of hydrogen-bond donors (Lipinski definition) is 2. The van der Waals surface area contributed by atoms with Crippen LogP contribution in [0, 0.1) is 0 Å². The summed E-state index contributed by atoms with van der Waals surface area (Å²) in [6.07, 6.45) is 0. The molecule has 1 aliphatic rings. The number of nitrogens with zero attached hydrogens (tertiary/aromatic N) is 2. The standard InChI is InChI=1S/C13H19N3O6S2/c1-2-23(18,19)16-9-7-15(8-10-16)13(17)11-3-5-12(6-4-11)14-24(20,21)22/h3-6,14H,2,7-10H2,1H3,(H,20,21,22). The Morgan fingerprint density at radius 2 is 1.62 bits per heavy atom. The fraction of sp³-hybridized carbons (Fsp3) is 0.462. The van der Waals surface area contributed by atoms with Gasteiger partial charge >= 0.3 is 10.3 Å². The van der Waals surface area contributed by atoms with Crippen LogP contribution in [0.2, 0.25) is 0 Å². The van der Waals surface area contributed by atoms with Crippen LogP contribution in [0.1, 0.15) is 17.3 Å². The number of carbonyl (C=O) groups is 1. The van der Waals surface area contributed by atoms with Gasteiger partial charge in [-0.05, 0) is 31.2 Å². The third-order valence-electron chi connectivity index (χ3n) is 3.66. The Balaban J connectivity index is 2.01. The Morgan fingerprint density at radius 3 is 2.08 bits per heavy atom. The second kappa shape index (κ2) is 7.05. The number of benzene rings is 1. The van der Waals surface area contributed by atoms with E-state index in [0.29, 0.717) is 18.7 Å². The van der Waals surface area contributed by atoms with Crippen molar-refractivity contribution in [3.63, 3.8) is 0 Å². The highest BCUT2D eigenvalue weighted by atomic mass is 32.2. The first kappa shape index (κ1) is 18.6. The van der Waals surface area contributed by atoms with E-state index in [-0.39, 0.29) is 30.4 Å². The van der Waals surface area contributed by atoms with E-state index in [1.807, 2.05) is 4.72 Å². The molecule has 134 valence electrons. The molecular formula is C13H19N3O6S2. The Hall–Kier alpha value is -1.69. The van der Waals surface area contributed by atoms with Crippen molar-refractivity contribution in [1.29, 1.82) is 0 Å². The molecular weight excluding hydrogens is 358 g/mol. The molecule has 0 spiro atoms. The molecule has 0 unspecified atom stereocenters. The molecule has 0 radical (unpaired) electrons. The number of sulfonamides is 1. The van der Waals surface area contributed by atoms with Crippen molar-refractivity contribution in [2.24, 2.45) is 0 Å². The molecule has 0 aromatic heterocycles. The van der Waals surface area contributed by atoms with Crippen LogP contribution in [0.3, 0.4) is 0 Å². The van der Waals surface area contributed by atoms with E-state index >= 15 is 0 Å². The van der Waals surface area contributed by atoms with Crippen LogP contribution >= 0.6 is 0 Å². The number of anilines is 1. The van der Waals surface area contributed by atoms with Gasteiger partial charge in [-0.1, -0.05) is 0 Å². The minimum Gasteiger partial charge on any atom is -0.336 e. The van der Waals surface area contributed by atoms with Gasteiger partial charge in [-0.3, -0.25) is 14.1 Å². The smallest absolute Gasteiger partial charge is 0.336 e. The maximum absolute atomic E-state index is 12.4. The number of carbonyl (C=O) groups excluding carboxylic acids is 1. The van der Waals surface area contributed by atoms with Crippen LogP contribution in [0.4, 0.5) is 5.69 Å². The topological polar surface area (TPSA) is 124 Å². The summed E-state index contributed by atoms with van der Waals surface area (Å²) in [7, 11) is -7.61. The largest absolute Gasteiger partial charge is 0.357 e. The minimum absolute atomic E-state index is 0.0309. The third kappa shape index (κ3) is 4.66. The van der Waals surface area contributed by atoms with Gasteiger partial charge in [0.1, 0.15) is 0 Å². The second-order valence-corrected chi connectivity index (χ2v) is 8.66. The zero-order valence-electron chi connectivity index (χ0n) is 13.0. The molecule has 0 bridgehead atoms. The predicted molar refractivity (Wildman–Crippen MR) is 88.6 cm³/mol. The number of hydrogen-bond acceptors (Lipinski definition) is 5. The molecule has 1 aromatic carbocycles. The molecule has 2 N–H and O–H groups in total. The van der Waals surface area contributed by atoms with Crippen LogP contribution in [0.25, 0.3) is 0 Å². The van der Waals surface area contributed by atoms with Crippen molar-refractivity contribution in [1.82, 2.24) is 9.21 Å². The Morgan fingerprint density at radius 1 is 1.08 bits per heavy atom. The van der Waals surface area contributed by atoms with Crippen LogP contribution in [-0.2, 0) is 20.3 Å². The van der Waals surface area contributed by atoms with E-state index in [4.69, 9.17) is 4.55 Å². The summed E-state index contributed by atoms with van der Waals surface area (Å²) in [5.41, 5.74) is 0.482. The van der Waals surface area contributed by atoms with Crippen molar-refractivity contribution in [2.45, 2.75) is 6.92 Å². The van der Waals surface area contributed by atoms with Crippen LogP contribution in [-0.4, -0.2) is 68.4 Å². The van der Waals surface area contributed by atoms with Crippen LogP contribution in [0.5, 0.6) is 0 Å². The highest BCUT2D eigenvalue weighted by molar-refractivity contribution is 7.89. The fourth-order valence-electron chi connectivity index (χ4n) is 2.36. The van der Waals surface area contributed by atoms with Gasteiger partial charge in [-0.2, -0.15) is 12.7 Å². The summed E-state index contributed by atoms with van der Waals surface area (Å²) in [6.45, 7) is 2.68. The number of nitrogens with one attached hydrogen (secondary N) is 1. The lowest BCUT2D eigenvalue weighted by atomic mass is 10.1. The number of piperazine rings is 1. The summed E-state index contributed by atoms with van der Waals surface area (Å²) >= 11 is 0. The first-order valence-corrected chi connectivity index (χ1v) is 10.3.